The number of rotatable bonds is 4. The second-order valence-electron chi connectivity index (χ2n) is 7.06. The van der Waals surface area contributed by atoms with Gasteiger partial charge in [-0.25, -0.2) is 9.07 Å². The first-order valence-electron chi connectivity index (χ1n) is 9.36. The normalized spacial score (nSPS) is 18.5. The molecule has 1 fully saturated rings. The molecule has 4 nitrogen and oxygen atoms in total. The Balaban J connectivity index is 1.74. The number of nitrogens with one attached hydrogen (secondary N) is 1. The molecule has 1 saturated heterocycles. The predicted molar refractivity (Wildman–Crippen MR) is 103 cm³/mol. The lowest BCUT2D eigenvalue weighted by atomic mass is 9.96. The first-order chi connectivity index (χ1) is 12.7. The van der Waals surface area contributed by atoms with E-state index in [-0.39, 0.29) is 5.82 Å². The molecule has 1 atom stereocenters. The van der Waals surface area contributed by atoms with E-state index < -0.39 is 0 Å². The molecule has 3 aromatic rings. The Morgan fingerprint density at radius 1 is 1.23 bits per heavy atom. The SMILES string of the molecule is CCCN1CCNC[C@@H]1c1cc2cnn(-c3ccc(F)cc3)c2cc1C. The molecule has 1 aliphatic heterocycles. The van der Waals surface area contributed by atoms with Crippen molar-refractivity contribution in [3.05, 3.63) is 59.5 Å². The minimum atomic E-state index is -0.232. The average Bonchev–Trinajstić information content (AvgIpc) is 3.05. The lowest BCUT2D eigenvalue weighted by Gasteiger charge is -2.37. The van der Waals surface area contributed by atoms with Crippen LogP contribution in [0.15, 0.2) is 42.6 Å². The second-order valence-corrected chi connectivity index (χ2v) is 7.06. The van der Waals surface area contributed by atoms with Crippen LogP contribution in [-0.4, -0.2) is 40.9 Å². The number of fused-ring (bicyclic) bond motifs is 1. The fourth-order valence-electron chi connectivity index (χ4n) is 3.95. The minimum Gasteiger partial charge on any atom is -0.314 e. The number of halogens is 1. The van der Waals surface area contributed by atoms with Crippen molar-refractivity contribution in [1.29, 1.82) is 0 Å². The summed E-state index contributed by atoms with van der Waals surface area (Å²) in [4.78, 5) is 2.58. The zero-order chi connectivity index (χ0) is 18.1. The Kier molecular flexibility index (Phi) is 4.74. The van der Waals surface area contributed by atoms with E-state index in [1.54, 1.807) is 12.1 Å². The zero-order valence-electron chi connectivity index (χ0n) is 15.4. The number of aromatic nitrogens is 2. The molecule has 0 spiro atoms. The van der Waals surface area contributed by atoms with Gasteiger partial charge in [-0.2, -0.15) is 5.10 Å². The molecule has 4 rings (SSSR count). The van der Waals surface area contributed by atoms with E-state index in [1.165, 1.54) is 29.7 Å². The molecule has 5 heteroatoms. The molecular formula is C21H25FN4. The monoisotopic (exact) mass is 352 g/mol. The molecule has 0 radical (unpaired) electrons. The molecule has 1 aliphatic rings. The van der Waals surface area contributed by atoms with Crippen LogP contribution in [-0.2, 0) is 0 Å². The molecule has 2 aromatic carbocycles. The van der Waals surface area contributed by atoms with Gasteiger partial charge in [0.15, 0.2) is 0 Å². The van der Waals surface area contributed by atoms with Crippen LogP contribution in [0.2, 0.25) is 0 Å². The van der Waals surface area contributed by atoms with Crippen LogP contribution in [0.25, 0.3) is 16.6 Å². The van der Waals surface area contributed by atoms with Crippen LogP contribution in [0.5, 0.6) is 0 Å². The Labute approximate surface area is 153 Å². The van der Waals surface area contributed by atoms with Crippen molar-refractivity contribution in [1.82, 2.24) is 20.0 Å². The van der Waals surface area contributed by atoms with Crippen LogP contribution < -0.4 is 5.32 Å². The van der Waals surface area contributed by atoms with Crippen LogP contribution >= 0.6 is 0 Å². The number of hydrogen-bond acceptors (Lipinski definition) is 3. The van der Waals surface area contributed by atoms with Gasteiger partial charge in [-0.15, -0.1) is 0 Å². The molecule has 1 aromatic heterocycles. The number of hydrogen-bond donors (Lipinski definition) is 1. The Morgan fingerprint density at radius 2 is 2.04 bits per heavy atom. The molecule has 1 N–H and O–H groups in total. The van der Waals surface area contributed by atoms with Gasteiger partial charge in [0.25, 0.3) is 0 Å². The summed E-state index contributed by atoms with van der Waals surface area (Å²) >= 11 is 0. The quantitative estimate of drug-likeness (QED) is 0.775. The molecule has 136 valence electrons. The summed E-state index contributed by atoms with van der Waals surface area (Å²) in [5.41, 5.74) is 4.58. The third kappa shape index (κ3) is 3.13. The van der Waals surface area contributed by atoms with E-state index in [4.69, 9.17) is 0 Å². The molecule has 0 bridgehead atoms. The molecule has 26 heavy (non-hydrogen) atoms. The maximum absolute atomic E-state index is 13.2. The zero-order valence-corrected chi connectivity index (χ0v) is 15.4. The summed E-state index contributed by atoms with van der Waals surface area (Å²) in [5, 5.41) is 9.20. The van der Waals surface area contributed by atoms with Crippen LogP contribution in [0.3, 0.4) is 0 Å². The number of nitrogens with zero attached hydrogens (tertiary/aromatic N) is 3. The number of aryl methyl sites for hydroxylation is 1. The summed E-state index contributed by atoms with van der Waals surface area (Å²) in [6, 6.07) is 11.4. The summed E-state index contributed by atoms with van der Waals surface area (Å²) in [5.74, 6) is -0.232. The summed E-state index contributed by atoms with van der Waals surface area (Å²) in [7, 11) is 0. The standard InChI is InChI=1S/C21H25FN4/c1-3-9-25-10-8-23-14-21(25)19-12-16-13-24-26(20(16)11-15(19)2)18-6-4-17(22)5-7-18/h4-7,11-13,21,23H,3,8-10,14H2,1-2H3/t21-/m1/s1. The van der Waals surface area contributed by atoms with Crippen LogP contribution in [0, 0.1) is 12.7 Å². The summed E-state index contributed by atoms with van der Waals surface area (Å²) < 4.78 is 15.1. The van der Waals surface area contributed by atoms with E-state index in [1.807, 2.05) is 10.9 Å². The largest absolute Gasteiger partial charge is 0.314 e. The Bertz CT molecular complexity index is 898. The van der Waals surface area contributed by atoms with Crippen molar-refractivity contribution >= 4 is 10.9 Å². The second kappa shape index (κ2) is 7.17. The van der Waals surface area contributed by atoms with Gasteiger partial charge in [0.2, 0.25) is 0 Å². The van der Waals surface area contributed by atoms with Crippen molar-refractivity contribution in [3.8, 4) is 5.69 Å². The molecular weight excluding hydrogens is 327 g/mol. The van der Waals surface area contributed by atoms with Gasteiger partial charge in [0, 0.05) is 31.1 Å². The Hall–Kier alpha value is -2.24. The molecule has 0 unspecified atom stereocenters. The first kappa shape index (κ1) is 17.2. The first-order valence-corrected chi connectivity index (χ1v) is 9.36. The lowest BCUT2D eigenvalue weighted by molar-refractivity contribution is 0.162. The third-order valence-corrected chi connectivity index (χ3v) is 5.25. The van der Waals surface area contributed by atoms with Gasteiger partial charge in [0.05, 0.1) is 17.4 Å². The van der Waals surface area contributed by atoms with E-state index in [0.717, 1.165) is 42.8 Å². The highest BCUT2D eigenvalue weighted by molar-refractivity contribution is 5.82. The smallest absolute Gasteiger partial charge is 0.123 e. The van der Waals surface area contributed by atoms with Gasteiger partial charge >= 0.3 is 0 Å². The predicted octanol–water partition coefficient (Wildman–Crippen LogP) is 3.83. The molecule has 0 saturated carbocycles. The number of benzene rings is 2. The van der Waals surface area contributed by atoms with E-state index in [2.05, 4.69) is 41.3 Å². The lowest BCUT2D eigenvalue weighted by Crippen LogP contribution is -2.46. The fraction of sp³-hybridized carbons (Fsp3) is 0.381. The fourth-order valence-corrected chi connectivity index (χ4v) is 3.95. The van der Waals surface area contributed by atoms with Gasteiger partial charge in [-0.3, -0.25) is 4.90 Å². The van der Waals surface area contributed by atoms with Gasteiger partial charge < -0.3 is 5.32 Å². The van der Waals surface area contributed by atoms with Crippen molar-refractivity contribution in [2.45, 2.75) is 26.3 Å². The summed E-state index contributed by atoms with van der Waals surface area (Å²) in [6.07, 6.45) is 3.07. The highest BCUT2D eigenvalue weighted by atomic mass is 19.1. The van der Waals surface area contributed by atoms with Crippen LogP contribution in [0.1, 0.15) is 30.5 Å². The van der Waals surface area contributed by atoms with Crippen molar-refractivity contribution in [2.24, 2.45) is 0 Å². The van der Waals surface area contributed by atoms with E-state index >= 15 is 0 Å². The molecule has 0 aliphatic carbocycles. The van der Waals surface area contributed by atoms with Gasteiger partial charge in [-0.05, 0) is 67.4 Å². The maximum Gasteiger partial charge on any atom is 0.123 e. The number of piperazine rings is 1. The molecule has 2 heterocycles. The van der Waals surface area contributed by atoms with Crippen molar-refractivity contribution in [3.63, 3.8) is 0 Å². The van der Waals surface area contributed by atoms with Gasteiger partial charge in [0.1, 0.15) is 5.82 Å². The van der Waals surface area contributed by atoms with Gasteiger partial charge in [-0.1, -0.05) is 6.92 Å². The summed E-state index contributed by atoms with van der Waals surface area (Å²) in [6.45, 7) is 8.67. The van der Waals surface area contributed by atoms with Crippen LogP contribution in [0.4, 0.5) is 4.39 Å². The van der Waals surface area contributed by atoms with Crippen molar-refractivity contribution in [2.75, 3.05) is 26.2 Å². The topological polar surface area (TPSA) is 33.1 Å². The average molecular weight is 352 g/mol. The van der Waals surface area contributed by atoms with E-state index in [9.17, 15) is 4.39 Å². The minimum absolute atomic E-state index is 0.232. The van der Waals surface area contributed by atoms with Crippen molar-refractivity contribution < 1.29 is 4.39 Å². The maximum atomic E-state index is 13.2. The van der Waals surface area contributed by atoms with E-state index in [0.29, 0.717) is 6.04 Å². The highest BCUT2D eigenvalue weighted by Gasteiger charge is 2.25. The Morgan fingerprint density at radius 3 is 2.81 bits per heavy atom. The highest BCUT2D eigenvalue weighted by Crippen LogP contribution is 2.30. The molecule has 0 amide bonds. The third-order valence-electron chi connectivity index (χ3n) is 5.25.